The molecule has 0 bridgehead atoms. The number of hydrogen-bond donors (Lipinski definition) is 2. The first-order chi connectivity index (χ1) is 8.89. The molecule has 0 fully saturated rings. The highest BCUT2D eigenvalue weighted by atomic mass is 32.2. The van der Waals surface area contributed by atoms with E-state index in [1.54, 1.807) is 0 Å². The molecule has 0 aliphatic heterocycles. The highest BCUT2D eigenvalue weighted by Gasteiger charge is 2.10. The lowest BCUT2D eigenvalue weighted by Crippen LogP contribution is -2.30. The van der Waals surface area contributed by atoms with Gasteiger partial charge in [0, 0.05) is 12.6 Å². The third-order valence-electron chi connectivity index (χ3n) is 2.50. The van der Waals surface area contributed by atoms with Crippen LogP contribution in [0.4, 0.5) is 4.39 Å². The maximum absolute atomic E-state index is 12.7. The minimum Gasteiger partial charge on any atom is -0.314 e. The Morgan fingerprint density at radius 1 is 1.16 bits per heavy atom. The molecule has 2 N–H and O–H groups in total. The maximum Gasteiger partial charge on any atom is 0.215 e. The zero-order valence-electron chi connectivity index (χ0n) is 11.3. The van der Waals surface area contributed by atoms with Crippen LogP contribution in [-0.4, -0.2) is 27.5 Å². The Labute approximate surface area is 114 Å². The van der Waals surface area contributed by atoms with E-state index >= 15 is 0 Å². The van der Waals surface area contributed by atoms with Crippen molar-refractivity contribution in [2.24, 2.45) is 0 Å². The van der Waals surface area contributed by atoms with Gasteiger partial charge in [0.05, 0.1) is 5.75 Å². The molecule has 108 valence electrons. The van der Waals surface area contributed by atoms with Crippen LogP contribution in [0, 0.1) is 5.82 Å². The Bertz CT molecular complexity index is 472. The van der Waals surface area contributed by atoms with E-state index in [-0.39, 0.29) is 11.6 Å². The van der Waals surface area contributed by atoms with Crippen molar-refractivity contribution in [3.63, 3.8) is 0 Å². The molecule has 0 heterocycles. The van der Waals surface area contributed by atoms with Crippen molar-refractivity contribution in [1.82, 2.24) is 10.0 Å². The van der Waals surface area contributed by atoms with Gasteiger partial charge in [0.2, 0.25) is 10.0 Å². The van der Waals surface area contributed by atoms with Gasteiger partial charge >= 0.3 is 0 Å². The number of halogens is 1. The molecule has 0 aromatic heterocycles. The van der Waals surface area contributed by atoms with Crippen molar-refractivity contribution in [2.45, 2.75) is 32.1 Å². The lowest BCUT2D eigenvalue weighted by atomic mass is 10.2. The summed E-state index contributed by atoms with van der Waals surface area (Å²) in [6.07, 6.45) is 0.737. The summed E-state index contributed by atoms with van der Waals surface area (Å²) in [4.78, 5) is 0. The molecule has 0 aliphatic rings. The fraction of sp³-hybridized carbons (Fsp3) is 0.538. The van der Waals surface area contributed by atoms with Crippen molar-refractivity contribution in [2.75, 3.05) is 13.1 Å². The normalized spacial score (nSPS) is 12.0. The average molecular weight is 288 g/mol. The van der Waals surface area contributed by atoms with Crippen molar-refractivity contribution in [3.8, 4) is 0 Å². The van der Waals surface area contributed by atoms with Crippen molar-refractivity contribution in [3.05, 3.63) is 35.6 Å². The molecule has 0 unspecified atom stereocenters. The zero-order valence-corrected chi connectivity index (χ0v) is 12.1. The molecule has 0 amide bonds. The molecule has 0 saturated heterocycles. The van der Waals surface area contributed by atoms with Crippen LogP contribution in [0.5, 0.6) is 0 Å². The van der Waals surface area contributed by atoms with Crippen LogP contribution < -0.4 is 10.0 Å². The van der Waals surface area contributed by atoms with E-state index in [0.29, 0.717) is 18.2 Å². The summed E-state index contributed by atoms with van der Waals surface area (Å²) < 4.78 is 38.7. The lowest BCUT2D eigenvalue weighted by Gasteiger charge is -2.09. The van der Waals surface area contributed by atoms with Crippen LogP contribution in [0.3, 0.4) is 0 Å². The average Bonchev–Trinajstić information content (AvgIpc) is 2.31. The van der Waals surface area contributed by atoms with E-state index in [4.69, 9.17) is 0 Å². The van der Waals surface area contributed by atoms with Crippen LogP contribution in [0.2, 0.25) is 0 Å². The van der Waals surface area contributed by atoms with E-state index in [9.17, 15) is 12.8 Å². The summed E-state index contributed by atoms with van der Waals surface area (Å²) in [5.41, 5.74) is 0.578. The Morgan fingerprint density at radius 2 is 1.79 bits per heavy atom. The quantitative estimate of drug-likeness (QED) is 0.715. The Balaban J connectivity index is 2.34. The molecule has 1 rings (SSSR count). The van der Waals surface area contributed by atoms with Gasteiger partial charge in [-0.05, 0) is 30.7 Å². The highest BCUT2D eigenvalue weighted by Crippen LogP contribution is 2.06. The van der Waals surface area contributed by atoms with Crippen molar-refractivity contribution in [1.29, 1.82) is 0 Å². The molecule has 0 saturated carbocycles. The van der Waals surface area contributed by atoms with Crippen molar-refractivity contribution < 1.29 is 12.8 Å². The smallest absolute Gasteiger partial charge is 0.215 e. The number of sulfonamides is 1. The molecule has 0 radical (unpaired) electrons. The molecule has 0 atom stereocenters. The number of nitrogens with one attached hydrogen (secondary N) is 2. The third-order valence-corrected chi connectivity index (χ3v) is 3.86. The van der Waals surface area contributed by atoms with Gasteiger partial charge in [0.1, 0.15) is 5.82 Å². The number of benzene rings is 1. The first-order valence-electron chi connectivity index (χ1n) is 6.34. The largest absolute Gasteiger partial charge is 0.314 e. The Hall–Kier alpha value is -0.980. The van der Waals surface area contributed by atoms with Crippen LogP contribution >= 0.6 is 0 Å². The van der Waals surface area contributed by atoms with E-state index < -0.39 is 10.0 Å². The SMILES string of the molecule is CC(C)NCCCNS(=O)(=O)Cc1ccc(F)cc1. The molecule has 1 aromatic rings. The molecule has 19 heavy (non-hydrogen) atoms. The number of hydrogen-bond acceptors (Lipinski definition) is 3. The van der Waals surface area contributed by atoms with Gasteiger partial charge in [0.15, 0.2) is 0 Å². The van der Waals surface area contributed by atoms with E-state index in [1.807, 2.05) is 13.8 Å². The monoisotopic (exact) mass is 288 g/mol. The van der Waals surface area contributed by atoms with Crippen LogP contribution in [0.25, 0.3) is 0 Å². The molecule has 4 nitrogen and oxygen atoms in total. The van der Waals surface area contributed by atoms with Crippen molar-refractivity contribution >= 4 is 10.0 Å². The van der Waals surface area contributed by atoms with Crippen LogP contribution in [0.15, 0.2) is 24.3 Å². The van der Waals surface area contributed by atoms with Crippen LogP contribution in [0.1, 0.15) is 25.8 Å². The minimum atomic E-state index is -3.35. The predicted molar refractivity (Wildman–Crippen MR) is 74.8 cm³/mol. The standard InChI is InChI=1S/C13H21FN2O2S/c1-11(2)15-8-3-9-16-19(17,18)10-12-4-6-13(14)7-5-12/h4-7,11,15-16H,3,8-10H2,1-2H3. The molecule has 6 heteroatoms. The van der Waals surface area contributed by atoms with E-state index in [0.717, 1.165) is 13.0 Å². The van der Waals surface area contributed by atoms with Gasteiger partial charge in [0.25, 0.3) is 0 Å². The summed E-state index contributed by atoms with van der Waals surface area (Å²) >= 11 is 0. The number of rotatable bonds is 8. The van der Waals surface area contributed by atoms with Gasteiger partial charge in [-0.2, -0.15) is 0 Å². The molecular formula is C13H21FN2O2S. The summed E-state index contributed by atoms with van der Waals surface area (Å²) in [6, 6.07) is 5.88. The summed E-state index contributed by atoms with van der Waals surface area (Å²) in [6.45, 7) is 5.26. The highest BCUT2D eigenvalue weighted by molar-refractivity contribution is 7.88. The van der Waals surface area contributed by atoms with Gasteiger partial charge in [-0.1, -0.05) is 26.0 Å². The topological polar surface area (TPSA) is 58.2 Å². The van der Waals surface area contributed by atoms with E-state index in [2.05, 4.69) is 10.0 Å². The van der Waals surface area contributed by atoms with Crippen LogP contribution in [-0.2, 0) is 15.8 Å². The second-order valence-corrected chi connectivity index (χ2v) is 6.55. The second-order valence-electron chi connectivity index (χ2n) is 4.74. The van der Waals surface area contributed by atoms with Gasteiger partial charge in [-0.15, -0.1) is 0 Å². The fourth-order valence-electron chi connectivity index (χ4n) is 1.56. The Morgan fingerprint density at radius 3 is 2.37 bits per heavy atom. The molecule has 1 aromatic carbocycles. The third kappa shape index (κ3) is 7.25. The lowest BCUT2D eigenvalue weighted by molar-refractivity contribution is 0.554. The summed E-state index contributed by atoms with van der Waals surface area (Å²) in [5.74, 6) is -0.487. The molecule has 0 spiro atoms. The first kappa shape index (κ1) is 16.1. The minimum absolute atomic E-state index is 0.120. The maximum atomic E-state index is 12.7. The fourth-order valence-corrected chi connectivity index (χ4v) is 2.75. The predicted octanol–water partition coefficient (Wildman–Crippen LogP) is 1.63. The zero-order chi connectivity index (χ0) is 14.3. The molecular weight excluding hydrogens is 267 g/mol. The van der Waals surface area contributed by atoms with Gasteiger partial charge < -0.3 is 5.32 Å². The van der Waals surface area contributed by atoms with Gasteiger partial charge in [-0.3, -0.25) is 0 Å². The second kappa shape index (κ2) is 7.57. The Kier molecular flexibility index (Phi) is 6.41. The van der Waals surface area contributed by atoms with E-state index in [1.165, 1.54) is 24.3 Å². The first-order valence-corrected chi connectivity index (χ1v) is 7.99. The van der Waals surface area contributed by atoms with Gasteiger partial charge in [-0.25, -0.2) is 17.5 Å². The molecule has 0 aliphatic carbocycles. The summed E-state index contributed by atoms with van der Waals surface area (Å²) in [7, 11) is -3.35. The summed E-state index contributed by atoms with van der Waals surface area (Å²) in [5, 5.41) is 3.21.